The second-order valence-corrected chi connectivity index (χ2v) is 4.77. The lowest BCUT2D eigenvalue weighted by molar-refractivity contribution is -0.249. The third-order valence-corrected chi connectivity index (χ3v) is 2.27. The van der Waals surface area contributed by atoms with Crippen molar-refractivity contribution in [1.82, 2.24) is 4.90 Å². The summed E-state index contributed by atoms with van der Waals surface area (Å²) in [6, 6.07) is -0.0650. The average molecular weight is 217 g/mol. The molecule has 1 aliphatic heterocycles. The van der Waals surface area contributed by atoms with Crippen LogP contribution in [0.25, 0.3) is 0 Å². The molecule has 0 aromatic heterocycles. The molecular formula is C10H19NO4. The van der Waals surface area contributed by atoms with E-state index in [-0.39, 0.29) is 18.7 Å². The van der Waals surface area contributed by atoms with E-state index < -0.39 is 5.60 Å². The van der Waals surface area contributed by atoms with Crippen LogP contribution in [0.3, 0.4) is 0 Å². The maximum atomic E-state index is 11.7. The molecular weight excluding hydrogens is 198 g/mol. The number of likely N-dealkylation sites (tertiary alicyclic amines) is 1. The number of hydrogen-bond donors (Lipinski definition) is 1. The van der Waals surface area contributed by atoms with Gasteiger partial charge in [-0.25, -0.2) is 9.68 Å². The summed E-state index contributed by atoms with van der Waals surface area (Å²) in [6.45, 7) is 6.32. The zero-order valence-electron chi connectivity index (χ0n) is 9.52. The molecule has 1 heterocycles. The minimum Gasteiger partial charge on any atom is -0.444 e. The SMILES string of the molecule is CC(C)(C)OC(=O)N1CCC[C@H]1COO. The van der Waals surface area contributed by atoms with Crippen LogP contribution >= 0.6 is 0 Å². The lowest BCUT2D eigenvalue weighted by atomic mass is 10.2. The van der Waals surface area contributed by atoms with Crippen molar-refractivity contribution in [3.63, 3.8) is 0 Å². The van der Waals surface area contributed by atoms with Gasteiger partial charge >= 0.3 is 6.09 Å². The first-order valence-corrected chi connectivity index (χ1v) is 5.20. The van der Waals surface area contributed by atoms with Crippen molar-refractivity contribution < 1.29 is 19.7 Å². The van der Waals surface area contributed by atoms with Crippen molar-refractivity contribution >= 4 is 6.09 Å². The van der Waals surface area contributed by atoms with Crippen LogP contribution in [0.15, 0.2) is 0 Å². The number of hydrogen-bond acceptors (Lipinski definition) is 4. The number of nitrogens with zero attached hydrogens (tertiary/aromatic N) is 1. The van der Waals surface area contributed by atoms with Crippen molar-refractivity contribution in [2.24, 2.45) is 0 Å². The van der Waals surface area contributed by atoms with Gasteiger partial charge in [-0.3, -0.25) is 5.26 Å². The Kier molecular flexibility index (Phi) is 3.93. The molecule has 0 aromatic rings. The maximum Gasteiger partial charge on any atom is 0.410 e. The summed E-state index contributed by atoms with van der Waals surface area (Å²) in [7, 11) is 0. The van der Waals surface area contributed by atoms with Crippen molar-refractivity contribution in [1.29, 1.82) is 0 Å². The molecule has 1 atom stereocenters. The molecule has 0 aliphatic carbocycles. The zero-order valence-corrected chi connectivity index (χ0v) is 9.52. The second kappa shape index (κ2) is 4.81. The Morgan fingerprint density at radius 2 is 2.20 bits per heavy atom. The van der Waals surface area contributed by atoms with Crippen molar-refractivity contribution in [2.45, 2.75) is 45.3 Å². The molecule has 0 radical (unpaired) electrons. The molecule has 1 N–H and O–H groups in total. The normalized spacial score (nSPS) is 21.9. The Hall–Kier alpha value is -0.810. The number of carbonyl (C=O) groups excluding carboxylic acids is 1. The molecule has 0 spiro atoms. The molecule has 15 heavy (non-hydrogen) atoms. The summed E-state index contributed by atoms with van der Waals surface area (Å²) in [5.41, 5.74) is -0.482. The van der Waals surface area contributed by atoms with Gasteiger partial charge in [-0.2, -0.15) is 0 Å². The molecule has 1 aliphatic rings. The molecule has 1 fully saturated rings. The lowest BCUT2D eigenvalue weighted by Gasteiger charge is -2.27. The van der Waals surface area contributed by atoms with Gasteiger partial charge in [0.15, 0.2) is 0 Å². The first-order valence-electron chi connectivity index (χ1n) is 5.20. The summed E-state index contributed by atoms with van der Waals surface area (Å²) in [5.74, 6) is 0. The molecule has 0 aromatic carbocycles. The van der Waals surface area contributed by atoms with Crippen LogP contribution in [0.5, 0.6) is 0 Å². The van der Waals surface area contributed by atoms with Gasteiger partial charge in [0.25, 0.3) is 0 Å². The van der Waals surface area contributed by atoms with Crippen LogP contribution in [0, 0.1) is 0 Å². The van der Waals surface area contributed by atoms with Gasteiger partial charge in [0.1, 0.15) is 12.2 Å². The molecule has 1 saturated heterocycles. The molecule has 0 unspecified atom stereocenters. The number of ether oxygens (including phenoxy) is 1. The minimum absolute atomic E-state index is 0.0650. The molecule has 0 saturated carbocycles. The fourth-order valence-electron chi connectivity index (χ4n) is 1.66. The number of rotatable bonds is 2. The predicted octanol–water partition coefficient (Wildman–Crippen LogP) is 1.88. The van der Waals surface area contributed by atoms with Gasteiger partial charge in [0.2, 0.25) is 0 Å². The largest absolute Gasteiger partial charge is 0.444 e. The predicted molar refractivity (Wildman–Crippen MR) is 54.5 cm³/mol. The van der Waals surface area contributed by atoms with E-state index in [1.807, 2.05) is 20.8 Å². The van der Waals surface area contributed by atoms with Crippen molar-refractivity contribution in [2.75, 3.05) is 13.2 Å². The monoisotopic (exact) mass is 217 g/mol. The summed E-state index contributed by atoms with van der Waals surface area (Å²) >= 11 is 0. The highest BCUT2D eigenvalue weighted by Gasteiger charge is 2.32. The van der Waals surface area contributed by atoms with E-state index in [2.05, 4.69) is 4.89 Å². The molecule has 0 bridgehead atoms. The van der Waals surface area contributed by atoms with E-state index in [4.69, 9.17) is 9.99 Å². The average Bonchev–Trinajstić information content (AvgIpc) is 2.49. The summed E-state index contributed by atoms with van der Waals surface area (Å²) in [6.07, 6.45) is 1.44. The van der Waals surface area contributed by atoms with E-state index in [0.29, 0.717) is 6.54 Å². The van der Waals surface area contributed by atoms with Crippen LogP contribution < -0.4 is 0 Å². The molecule has 1 amide bonds. The van der Waals surface area contributed by atoms with E-state index in [0.717, 1.165) is 12.8 Å². The first-order chi connectivity index (χ1) is 6.94. The van der Waals surface area contributed by atoms with E-state index in [9.17, 15) is 4.79 Å². The zero-order chi connectivity index (χ0) is 11.5. The van der Waals surface area contributed by atoms with Crippen LogP contribution in [-0.4, -0.2) is 41.0 Å². The van der Waals surface area contributed by atoms with E-state index in [1.165, 1.54) is 0 Å². The van der Waals surface area contributed by atoms with Gasteiger partial charge in [-0.15, -0.1) is 0 Å². The van der Waals surface area contributed by atoms with Gasteiger partial charge in [-0.1, -0.05) is 0 Å². The fourth-order valence-corrected chi connectivity index (χ4v) is 1.66. The minimum atomic E-state index is -0.482. The van der Waals surface area contributed by atoms with Crippen LogP contribution in [0.4, 0.5) is 4.79 Å². The van der Waals surface area contributed by atoms with Crippen molar-refractivity contribution in [3.8, 4) is 0 Å². The van der Waals surface area contributed by atoms with Gasteiger partial charge in [0, 0.05) is 6.54 Å². The Bertz CT molecular complexity index is 224. The molecule has 5 heteroatoms. The fraction of sp³-hybridized carbons (Fsp3) is 0.900. The topological polar surface area (TPSA) is 59.0 Å². The van der Waals surface area contributed by atoms with Gasteiger partial charge in [-0.05, 0) is 33.6 Å². The Morgan fingerprint density at radius 3 is 2.73 bits per heavy atom. The van der Waals surface area contributed by atoms with E-state index >= 15 is 0 Å². The smallest absolute Gasteiger partial charge is 0.410 e. The summed E-state index contributed by atoms with van der Waals surface area (Å²) < 4.78 is 5.25. The van der Waals surface area contributed by atoms with E-state index in [1.54, 1.807) is 4.90 Å². The molecule has 1 rings (SSSR count). The van der Waals surface area contributed by atoms with Crippen LogP contribution in [-0.2, 0) is 9.62 Å². The highest BCUT2D eigenvalue weighted by molar-refractivity contribution is 5.68. The highest BCUT2D eigenvalue weighted by atomic mass is 17.1. The number of amides is 1. The van der Waals surface area contributed by atoms with Gasteiger partial charge in [0.05, 0.1) is 6.04 Å². The third-order valence-electron chi connectivity index (χ3n) is 2.27. The van der Waals surface area contributed by atoms with Crippen LogP contribution in [0.1, 0.15) is 33.6 Å². The van der Waals surface area contributed by atoms with Crippen LogP contribution in [0.2, 0.25) is 0 Å². The highest BCUT2D eigenvalue weighted by Crippen LogP contribution is 2.20. The molecule has 88 valence electrons. The number of carbonyl (C=O) groups is 1. The summed E-state index contributed by atoms with van der Waals surface area (Å²) in [4.78, 5) is 17.4. The third kappa shape index (κ3) is 3.68. The quantitative estimate of drug-likeness (QED) is 0.566. The lowest BCUT2D eigenvalue weighted by Crippen LogP contribution is -2.41. The Labute approximate surface area is 89.9 Å². The summed E-state index contributed by atoms with van der Waals surface area (Å²) in [5, 5.41) is 8.38. The maximum absolute atomic E-state index is 11.7. The first kappa shape index (κ1) is 12.3. The van der Waals surface area contributed by atoms with Crippen molar-refractivity contribution in [3.05, 3.63) is 0 Å². The standard InChI is InChI=1S/C10H19NO4/c1-10(2,3)15-9(12)11-6-4-5-8(11)7-14-13/h8,13H,4-7H2,1-3H3/t8-/m0/s1. The Morgan fingerprint density at radius 1 is 1.53 bits per heavy atom. The second-order valence-electron chi connectivity index (χ2n) is 4.77. The van der Waals surface area contributed by atoms with Gasteiger partial charge < -0.3 is 9.64 Å². The molecule has 5 nitrogen and oxygen atoms in total. The Balaban J connectivity index is 2.51.